The molecule has 0 saturated carbocycles. The van der Waals surface area contributed by atoms with Gasteiger partial charge in [0.05, 0.1) is 18.1 Å². The fourth-order valence-electron chi connectivity index (χ4n) is 3.47. The predicted octanol–water partition coefficient (Wildman–Crippen LogP) is 5.92. The molecule has 2 rings (SSSR count). The Bertz CT molecular complexity index is 989. The minimum atomic E-state index is -0.503. The minimum Gasteiger partial charge on any atom is -0.487 e. The first-order valence-corrected chi connectivity index (χ1v) is 13.5. The van der Waals surface area contributed by atoms with Crippen LogP contribution in [0, 0.1) is 27.2 Å². The van der Waals surface area contributed by atoms with Gasteiger partial charge >= 0.3 is 11.5 Å². The zero-order valence-corrected chi connectivity index (χ0v) is 23.5. The number of aromatic nitrogens is 2. The molecular weight excluding hydrogens is 553 g/mol. The van der Waals surface area contributed by atoms with Gasteiger partial charge in [0, 0.05) is 50.1 Å². The van der Waals surface area contributed by atoms with Crippen LogP contribution in [-0.4, -0.2) is 68.1 Å². The molecule has 0 aliphatic heterocycles. The lowest BCUT2D eigenvalue weighted by atomic mass is 10.2. The molecule has 2 aromatic rings. The summed E-state index contributed by atoms with van der Waals surface area (Å²) in [5.74, 6) is 1.96. The van der Waals surface area contributed by atoms with Crippen molar-refractivity contribution in [2.45, 2.75) is 44.7 Å². The van der Waals surface area contributed by atoms with E-state index in [9.17, 15) is 20.2 Å². The third-order valence-electron chi connectivity index (χ3n) is 5.28. The van der Waals surface area contributed by atoms with Crippen molar-refractivity contribution in [3.63, 3.8) is 0 Å². The molecule has 202 valence electrons. The minimum absolute atomic E-state index is 0. The van der Waals surface area contributed by atoms with Gasteiger partial charge in [-0.05, 0) is 28.0 Å². The topological polar surface area (TPSA) is 117 Å². The van der Waals surface area contributed by atoms with Crippen LogP contribution in [0.5, 0.6) is 5.75 Å². The van der Waals surface area contributed by atoms with Crippen molar-refractivity contribution in [3.05, 3.63) is 49.8 Å². The summed E-state index contributed by atoms with van der Waals surface area (Å²) in [6.07, 6.45) is 2.83. The predicted molar refractivity (Wildman–Crippen MR) is 147 cm³/mol. The lowest BCUT2D eigenvalue weighted by Crippen LogP contribution is -2.30. The lowest BCUT2D eigenvalue weighted by molar-refractivity contribution is -0.392. The Kier molecular flexibility index (Phi) is 15.1. The van der Waals surface area contributed by atoms with E-state index in [0.717, 1.165) is 19.3 Å². The Morgan fingerprint density at radius 1 is 1.11 bits per heavy atom. The molecule has 0 unspecified atom stereocenters. The molecule has 0 fully saturated rings. The van der Waals surface area contributed by atoms with Crippen molar-refractivity contribution in [2.75, 3.05) is 43.8 Å². The van der Waals surface area contributed by atoms with Crippen molar-refractivity contribution in [3.8, 4) is 5.75 Å². The van der Waals surface area contributed by atoms with Crippen molar-refractivity contribution in [1.82, 2.24) is 14.5 Å². The largest absolute Gasteiger partial charge is 0.487 e. The van der Waals surface area contributed by atoms with E-state index in [-0.39, 0.29) is 36.2 Å². The van der Waals surface area contributed by atoms with Crippen LogP contribution in [0.25, 0.3) is 0 Å². The van der Waals surface area contributed by atoms with Crippen LogP contribution in [0.1, 0.15) is 37.6 Å². The summed E-state index contributed by atoms with van der Waals surface area (Å²) in [7, 11) is 0. The summed E-state index contributed by atoms with van der Waals surface area (Å²) in [6, 6.07) is 4.78. The molecule has 1 aromatic carbocycles. The zero-order chi connectivity index (χ0) is 25.8. The highest BCUT2D eigenvalue weighted by atomic mass is 35.5. The molecule has 0 bridgehead atoms. The molecule has 0 amide bonds. The molecule has 10 nitrogen and oxygen atoms in total. The molecule has 14 heteroatoms. The van der Waals surface area contributed by atoms with Gasteiger partial charge in [0.2, 0.25) is 5.82 Å². The third-order valence-corrected chi connectivity index (χ3v) is 6.68. The first-order chi connectivity index (χ1) is 16.8. The van der Waals surface area contributed by atoms with Crippen LogP contribution < -0.4 is 4.74 Å². The van der Waals surface area contributed by atoms with Gasteiger partial charge in [-0.25, -0.2) is 0 Å². The molecule has 0 radical (unpaired) electrons. The maximum absolute atomic E-state index is 11.6. The fourth-order valence-corrected chi connectivity index (χ4v) is 5.09. The van der Waals surface area contributed by atoms with Crippen LogP contribution >= 0.6 is 47.4 Å². The van der Waals surface area contributed by atoms with Crippen LogP contribution in [-0.2, 0) is 6.54 Å². The number of alkyl halides is 2. The summed E-state index contributed by atoms with van der Waals surface area (Å²) in [5, 5.41) is 23.7. The van der Waals surface area contributed by atoms with Gasteiger partial charge in [-0.1, -0.05) is 37.6 Å². The molecule has 0 aliphatic carbocycles. The van der Waals surface area contributed by atoms with Gasteiger partial charge in [-0.15, -0.1) is 35.6 Å². The van der Waals surface area contributed by atoms with Gasteiger partial charge in [-0.3, -0.25) is 14.7 Å². The third kappa shape index (κ3) is 9.59. The van der Waals surface area contributed by atoms with E-state index in [1.165, 1.54) is 17.8 Å². The maximum atomic E-state index is 11.6. The zero-order valence-electron chi connectivity index (χ0n) is 20.4. The van der Waals surface area contributed by atoms with E-state index in [2.05, 4.69) is 16.8 Å². The van der Waals surface area contributed by atoms with Crippen LogP contribution in [0.15, 0.2) is 23.2 Å². The highest BCUT2D eigenvalue weighted by Crippen LogP contribution is 2.33. The Morgan fingerprint density at radius 2 is 1.81 bits per heavy atom. The molecule has 1 heterocycles. The van der Waals surface area contributed by atoms with Crippen molar-refractivity contribution in [1.29, 1.82) is 0 Å². The average Bonchev–Trinajstić information content (AvgIpc) is 3.13. The molecule has 0 N–H and O–H groups in total. The number of halogens is 3. The smallest absolute Gasteiger partial charge is 0.396 e. The first-order valence-electron chi connectivity index (χ1n) is 11.4. The number of unbranched alkanes of at least 4 members (excludes halogenated alkanes) is 2. The Morgan fingerprint density at radius 3 is 2.39 bits per heavy atom. The van der Waals surface area contributed by atoms with Gasteiger partial charge in [-0.2, -0.15) is 0 Å². The summed E-state index contributed by atoms with van der Waals surface area (Å²) >= 11 is 13.0. The number of nitrogens with zero attached hydrogens (tertiary/aromatic N) is 5. The summed E-state index contributed by atoms with van der Waals surface area (Å²) in [4.78, 5) is 28.5. The van der Waals surface area contributed by atoms with Gasteiger partial charge in [0.15, 0.2) is 10.8 Å². The number of ether oxygens (including phenoxy) is 1. The molecule has 0 atom stereocenters. The number of rotatable bonds is 17. The number of nitro benzene ring substituents is 1. The average molecular weight is 585 g/mol. The maximum Gasteiger partial charge on any atom is 0.396 e. The molecule has 0 saturated heterocycles. The van der Waals surface area contributed by atoms with E-state index >= 15 is 0 Å². The number of hydrogen-bond acceptors (Lipinski definition) is 8. The lowest BCUT2D eigenvalue weighted by Gasteiger charge is -2.19. The second-order valence-corrected chi connectivity index (χ2v) is 9.65. The quantitative estimate of drug-likeness (QED) is 0.0740. The van der Waals surface area contributed by atoms with E-state index in [4.69, 9.17) is 27.9 Å². The Hall–Kier alpha value is -1.79. The Labute approximate surface area is 231 Å². The van der Waals surface area contributed by atoms with E-state index < -0.39 is 9.85 Å². The molecular formula is C22H32Cl3N5O5S. The number of imidazole rings is 1. The number of hydrogen-bond donors (Lipinski definition) is 0. The molecule has 0 spiro atoms. The number of nitro groups is 2. The van der Waals surface area contributed by atoms with Gasteiger partial charge in [0.1, 0.15) is 0 Å². The first kappa shape index (κ1) is 32.2. The van der Waals surface area contributed by atoms with Gasteiger partial charge < -0.3 is 19.8 Å². The van der Waals surface area contributed by atoms with E-state index in [1.54, 1.807) is 23.6 Å². The van der Waals surface area contributed by atoms with Crippen molar-refractivity contribution < 1.29 is 14.6 Å². The second kappa shape index (κ2) is 16.9. The van der Waals surface area contributed by atoms with E-state index in [1.807, 2.05) is 0 Å². The highest BCUT2D eigenvalue weighted by molar-refractivity contribution is 7.99. The fraction of sp³-hybridized carbons (Fsp3) is 0.591. The number of thioether (sulfide) groups is 1. The number of benzene rings is 1. The summed E-state index contributed by atoms with van der Waals surface area (Å²) in [6.45, 7) is 6.37. The summed E-state index contributed by atoms with van der Waals surface area (Å²) < 4.78 is 7.35. The van der Waals surface area contributed by atoms with Crippen LogP contribution in [0.2, 0.25) is 0 Å². The van der Waals surface area contributed by atoms with Crippen molar-refractivity contribution in [2.24, 2.45) is 0 Å². The van der Waals surface area contributed by atoms with Crippen molar-refractivity contribution >= 4 is 58.9 Å². The number of aryl methyl sites for hydroxylation is 1. The van der Waals surface area contributed by atoms with E-state index in [0.29, 0.717) is 60.2 Å². The molecule has 1 aromatic heterocycles. The highest BCUT2D eigenvalue weighted by Gasteiger charge is 2.27. The summed E-state index contributed by atoms with van der Waals surface area (Å²) in [5.41, 5.74) is 0.499. The monoisotopic (exact) mass is 583 g/mol. The Balaban J connectivity index is 0.00000648. The van der Waals surface area contributed by atoms with Crippen LogP contribution in [0.3, 0.4) is 0 Å². The standard InChI is InChI=1S/C22H31Cl2N5O5S.ClH/c1-3-4-5-13-34-20-7-6-18(15-19(20)28(30)31)16-27-17(2)25-21(29(32)33)22(27)35-14-12-26(10-8-23)11-9-24;/h6-7,15H,3-5,8-14,16H2,1-2H3;1H. The normalized spacial score (nSPS) is 10.9. The van der Waals surface area contributed by atoms with Gasteiger partial charge in [0.25, 0.3) is 0 Å². The second-order valence-electron chi connectivity index (χ2n) is 7.81. The molecule has 0 aliphatic rings. The van der Waals surface area contributed by atoms with Crippen LogP contribution in [0.4, 0.5) is 11.5 Å². The molecule has 36 heavy (non-hydrogen) atoms. The SMILES string of the molecule is CCCCCOc1ccc(Cn2c(C)nc([N+](=O)[O-])c2SCCN(CCCl)CCCl)cc1[N+](=O)[O-].Cl.